The summed E-state index contributed by atoms with van der Waals surface area (Å²) in [6.07, 6.45) is 1.53. The van der Waals surface area contributed by atoms with Gasteiger partial charge < -0.3 is 9.53 Å². The van der Waals surface area contributed by atoms with Gasteiger partial charge in [0.25, 0.3) is 11.8 Å². The van der Waals surface area contributed by atoms with E-state index in [1.54, 1.807) is 12.1 Å². The minimum absolute atomic E-state index is 0. The van der Waals surface area contributed by atoms with Gasteiger partial charge in [0, 0.05) is 39.3 Å². The molecule has 0 aromatic heterocycles. The van der Waals surface area contributed by atoms with Crippen molar-refractivity contribution in [1.82, 2.24) is 15.3 Å². The van der Waals surface area contributed by atoms with Gasteiger partial charge in [-0.25, -0.2) is 11.1 Å². The number of carbonyl (C=O) groups is 3. The number of benzene rings is 1. The van der Waals surface area contributed by atoms with Crippen LogP contribution in [0.15, 0.2) is 30.3 Å². The van der Waals surface area contributed by atoms with E-state index >= 15 is 0 Å². The number of hydrazine groups is 1. The molecule has 0 bridgehead atoms. The fraction of sp³-hybridized carbons (Fsp3) is 0.444. The smallest absolute Gasteiger partial charge is 0.408 e. The third-order valence-electron chi connectivity index (χ3n) is 4.84. The monoisotopic (exact) mass is 447 g/mol. The van der Waals surface area contributed by atoms with Gasteiger partial charge in [0.15, 0.2) is 0 Å². The number of carbonyl (C=O) groups excluding carboxylic acids is 4. The number of nitrogens with one attached hydrogen (secondary N) is 1. The van der Waals surface area contributed by atoms with Crippen molar-refractivity contribution in [2.24, 2.45) is 5.92 Å². The SMILES string of the molecule is CC1CCN2C(=O)C(C)(NC(=O)OCc3ccccc3)C(=O)N2C1[C-]=O.[Y]. The minimum atomic E-state index is -1.80. The van der Waals surface area contributed by atoms with E-state index in [0.717, 1.165) is 10.6 Å². The maximum Gasteiger partial charge on any atom is 0.408 e. The number of hydrogen-bond acceptors (Lipinski definition) is 5. The van der Waals surface area contributed by atoms with Crippen molar-refractivity contribution < 1.29 is 56.6 Å². The Hall–Kier alpha value is -1.80. The molecule has 27 heavy (non-hydrogen) atoms. The Bertz CT molecular complexity index is 744. The van der Waals surface area contributed by atoms with Crippen molar-refractivity contribution in [2.75, 3.05) is 6.54 Å². The zero-order chi connectivity index (χ0) is 18.9. The van der Waals surface area contributed by atoms with E-state index in [2.05, 4.69) is 5.32 Å². The summed E-state index contributed by atoms with van der Waals surface area (Å²) in [6.45, 7) is 3.47. The first-order chi connectivity index (χ1) is 12.4. The van der Waals surface area contributed by atoms with Crippen LogP contribution in [0.5, 0.6) is 0 Å². The summed E-state index contributed by atoms with van der Waals surface area (Å²) >= 11 is 0. The zero-order valence-corrected chi connectivity index (χ0v) is 18.0. The summed E-state index contributed by atoms with van der Waals surface area (Å²) in [5.74, 6) is -1.35. The fourth-order valence-electron chi connectivity index (χ4n) is 3.23. The molecule has 0 saturated carbocycles. The Labute approximate surface area is 182 Å². The van der Waals surface area contributed by atoms with E-state index in [1.165, 1.54) is 11.9 Å². The number of fused-ring (bicyclic) bond motifs is 1. The van der Waals surface area contributed by atoms with Crippen LogP contribution in [-0.2, 0) is 58.4 Å². The molecule has 9 heteroatoms. The Balaban J connectivity index is 0.00000261. The van der Waals surface area contributed by atoms with Gasteiger partial charge >= 0.3 is 6.09 Å². The van der Waals surface area contributed by atoms with Crippen LogP contribution in [-0.4, -0.2) is 52.3 Å². The summed E-state index contributed by atoms with van der Waals surface area (Å²) in [5.41, 5.74) is -1.02. The van der Waals surface area contributed by atoms with Crippen LogP contribution in [0.4, 0.5) is 4.79 Å². The molecule has 3 amide bonds. The van der Waals surface area contributed by atoms with Crippen molar-refractivity contribution in [3.63, 3.8) is 0 Å². The van der Waals surface area contributed by atoms with Crippen LogP contribution in [0.2, 0.25) is 0 Å². The van der Waals surface area contributed by atoms with Gasteiger partial charge in [-0.2, -0.15) is 0 Å². The molecule has 8 nitrogen and oxygen atoms in total. The molecule has 3 rings (SSSR count). The van der Waals surface area contributed by atoms with Crippen LogP contribution in [0.1, 0.15) is 25.8 Å². The molecule has 2 fully saturated rings. The molecule has 1 aromatic carbocycles. The van der Waals surface area contributed by atoms with E-state index < -0.39 is 29.5 Å². The van der Waals surface area contributed by atoms with Gasteiger partial charge in [-0.3, -0.25) is 24.9 Å². The Morgan fingerprint density at radius 2 is 1.96 bits per heavy atom. The van der Waals surface area contributed by atoms with E-state index in [9.17, 15) is 19.2 Å². The third kappa shape index (κ3) is 3.92. The fourth-order valence-corrected chi connectivity index (χ4v) is 3.23. The topological polar surface area (TPSA) is 96.0 Å². The molecule has 1 N–H and O–H groups in total. The molecule has 2 aliphatic rings. The number of hydrogen-bond donors (Lipinski definition) is 1. The summed E-state index contributed by atoms with van der Waals surface area (Å²) in [6, 6.07) is 8.20. The molecule has 3 atom stereocenters. The molecule has 0 spiro atoms. The maximum absolute atomic E-state index is 12.8. The largest absolute Gasteiger partial charge is 0.540 e. The molecule has 1 aromatic rings. The summed E-state index contributed by atoms with van der Waals surface area (Å²) in [4.78, 5) is 49.0. The third-order valence-corrected chi connectivity index (χ3v) is 4.84. The predicted octanol–water partition coefficient (Wildman–Crippen LogP) is 0.773. The second-order valence-electron chi connectivity index (χ2n) is 6.72. The summed E-state index contributed by atoms with van der Waals surface area (Å²) in [5, 5.41) is 4.70. The predicted molar refractivity (Wildman–Crippen MR) is 90.0 cm³/mol. The first-order valence-electron chi connectivity index (χ1n) is 8.40. The average Bonchev–Trinajstić information content (AvgIpc) is 2.82. The van der Waals surface area contributed by atoms with Gasteiger partial charge in [0.1, 0.15) is 6.61 Å². The van der Waals surface area contributed by atoms with E-state index in [1.807, 2.05) is 31.4 Å². The second-order valence-corrected chi connectivity index (χ2v) is 6.72. The minimum Gasteiger partial charge on any atom is -0.540 e. The van der Waals surface area contributed by atoms with Crippen LogP contribution >= 0.6 is 0 Å². The van der Waals surface area contributed by atoms with Gasteiger partial charge in [-0.1, -0.05) is 37.3 Å². The molecule has 2 saturated heterocycles. The average molecular weight is 447 g/mol. The quantitative estimate of drug-likeness (QED) is 0.544. The van der Waals surface area contributed by atoms with Gasteiger partial charge in [0.05, 0.1) is 0 Å². The Morgan fingerprint density at radius 3 is 2.59 bits per heavy atom. The first kappa shape index (κ1) is 21.5. The first-order valence-corrected chi connectivity index (χ1v) is 8.40. The maximum atomic E-state index is 12.8. The van der Waals surface area contributed by atoms with E-state index in [0.29, 0.717) is 13.0 Å². The number of ether oxygens (including phenoxy) is 1. The van der Waals surface area contributed by atoms with Crippen LogP contribution < -0.4 is 5.32 Å². The summed E-state index contributed by atoms with van der Waals surface area (Å²) in [7, 11) is 0. The molecule has 2 heterocycles. The summed E-state index contributed by atoms with van der Waals surface area (Å²) < 4.78 is 5.11. The molecular formula is C18H20N3O5Y-. The number of alkyl carbamates (subject to hydrolysis) is 1. The van der Waals surface area contributed by atoms with Crippen LogP contribution in [0, 0.1) is 5.92 Å². The van der Waals surface area contributed by atoms with Crippen molar-refractivity contribution in [1.29, 1.82) is 0 Å². The van der Waals surface area contributed by atoms with Crippen molar-refractivity contribution in [3.8, 4) is 0 Å². The molecule has 141 valence electrons. The number of rotatable bonds is 4. The standard InChI is InChI=1S/C18H20N3O5.Y/c1-12-8-9-20-15(23)18(2,16(24)21(20)14(12)10-22)19-17(25)26-11-13-6-4-3-5-7-13;/h3-7,12,14H,8-9,11H2,1-2H3,(H,19,25);/q-1;. The van der Waals surface area contributed by atoms with Crippen LogP contribution in [0.3, 0.4) is 0 Å². The molecule has 1 radical (unpaired) electrons. The van der Waals surface area contributed by atoms with E-state index in [-0.39, 0.29) is 45.2 Å². The molecule has 3 unspecified atom stereocenters. The second kappa shape index (κ2) is 8.48. The van der Waals surface area contributed by atoms with Gasteiger partial charge in [-0.15, -0.1) is 0 Å². The van der Waals surface area contributed by atoms with Gasteiger partial charge in [-0.05, 0) is 30.9 Å². The van der Waals surface area contributed by atoms with Crippen molar-refractivity contribution in [3.05, 3.63) is 35.9 Å². The molecule has 2 aliphatic heterocycles. The number of amides is 3. The zero-order valence-electron chi connectivity index (χ0n) is 15.2. The van der Waals surface area contributed by atoms with Crippen molar-refractivity contribution in [2.45, 2.75) is 38.5 Å². The Kier molecular flexibility index (Phi) is 6.75. The van der Waals surface area contributed by atoms with Crippen molar-refractivity contribution >= 4 is 24.2 Å². The molecule has 0 aliphatic carbocycles. The van der Waals surface area contributed by atoms with Gasteiger partial charge in [0.2, 0.25) is 5.54 Å². The number of nitrogens with zero attached hydrogens (tertiary/aromatic N) is 2. The van der Waals surface area contributed by atoms with E-state index in [4.69, 9.17) is 4.74 Å². The Morgan fingerprint density at radius 1 is 1.30 bits per heavy atom. The van der Waals surface area contributed by atoms with Crippen LogP contribution in [0.25, 0.3) is 0 Å². The molecular weight excluding hydrogens is 427 g/mol. The normalized spacial score (nSPS) is 26.9.